The van der Waals surface area contributed by atoms with E-state index in [-0.39, 0.29) is 0 Å². The molecule has 2 fully saturated rings. The number of rotatable bonds is 5. The van der Waals surface area contributed by atoms with E-state index in [4.69, 9.17) is 14.6 Å². The molecule has 1 saturated carbocycles. The highest BCUT2D eigenvalue weighted by Gasteiger charge is 2.46. The van der Waals surface area contributed by atoms with Gasteiger partial charge in [0.15, 0.2) is 0 Å². The summed E-state index contributed by atoms with van der Waals surface area (Å²) in [4.78, 5) is 15.9. The molecule has 5 nitrogen and oxygen atoms in total. The number of alkyl halides is 3. The molecule has 28 heavy (non-hydrogen) atoms. The van der Waals surface area contributed by atoms with E-state index in [1.807, 2.05) is 12.3 Å². The van der Waals surface area contributed by atoms with Crippen molar-refractivity contribution in [2.75, 3.05) is 19.7 Å². The number of aromatic nitrogens is 1. The van der Waals surface area contributed by atoms with Crippen LogP contribution in [0.1, 0.15) is 45.2 Å². The van der Waals surface area contributed by atoms with E-state index in [9.17, 15) is 13.2 Å². The number of halogens is 3. The van der Waals surface area contributed by atoms with Crippen LogP contribution in [0.25, 0.3) is 0 Å². The fraction of sp³-hybridized carbons (Fsp3) is 0.700. The van der Waals surface area contributed by atoms with E-state index in [0.717, 1.165) is 13.2 Å². The first kappa shape index (κ1) is 22.6. The van der Waals surface area contributed by atoms with Crippen LogP contribution in [0.15, 0.2) is 24.4 Å². The number of carboxylic acid groups (broad SMARTS) is 1. The van der Waals surface area contributed by atoms with Crippen LogP contribution >= 0.6 is 0 Å². The molecule has 8 heteroatoms. The molecule has 1 aromatic heterocycles. The largest absolute Gasteiger partial charge is 0.490 e. The summed E-state index contributed by atoms with van der Waals surface area (Å²) < 4.78 is 37.7. The van der Waals surface area contributed by atoms with Crippen molar-refractivity contribution in [1.82, 2.24) is 9.88 Å². The number of hydrogen-bond acceptors (Lipinski definition) is 4. The van der Waals surface area contributed by atoms with Gasteiger partial charge >= 0.3 is 12.1 Å². The first-order chi connectivity index (χ1) is 13.1. The lowest BCUT2D eigenvalue weighted by Crippen LogP contribution is -2.49. The SMILES string of the molecule is CC(C)COC1CC2(CCN(Cc3ccccn3)CC2)C1.O=C(O)C(F)(F)F. The Labute approximate surface area is 163 Å². The molecule has 1 aromatic rings. The summed E-state index contributed by atoms with van der Waals surface area (Å²) in [5.74, 6) is -2.10. The third kappa shape index (κ3) is 7.05. The van der Waals surface area contributed by atoms with Gasteiger partial charge in [0, 0.05) is 19.3 Å². The summed E-state index contributed by atoms with van der Waals surface area (Å²) in [7, 11) is 0. The van der Waals surface area contributed by atoms with Crippen molar-refractivity contribution in [2.45, 2.75) is 58.4 Å². The van der Waals surface area contributed by atoms with E-state index >= 15 is 0 Å². The van der Waals surface area contributed by atoms with Crippen LogP contribution in [0.4, 0.5) is 13.2 Å². The van der Waals surface area contributed by atoms with Gasteiger partial charge in [-0.05, 0) is 62.2 Å². The number of piperidine rings is 1. The van der Waals surface area contributed by atoms with Gasteiger partial charge in [-0.3, -0.25) is 9.88 Å². The zero-order valence-electron chi connectivity index (χ0n) is 16.4. The number of carboxylic acids is 1. The van der Waals surface area contributed by atoms with Gasteiger partial charge < -0.3 is 9.84 Å². The second-order valence-corrected chi connectivity index (χ2v) is 8.16. The maximum atomic E-state index is 10.6. The third-order valence-corrected chi connectivity index (χ3v) is 5.26. The van der Waals surface area contributed by atoms with Crippen LogP contribution in [-0.4, -0.2) is 52.9 Å². The van der Waals surface area contributed by atoms with Crippen molar-refractivity contribution in [1.29, 1.82) is 0 Å². The molecule has 2 heterocycles. The molecule has 0 aromatic carbocycles. The molecule has 0 bridgehead atoms. The highest BCUT2D eigenvalue weighted by Crippen LogP contribution is 2.50. The number of nitrogens with zero attached hydrogens (tertiary/aromatic N) is 2. The Balaban J connectivity index is 0.000000345. The molecular weight excluding hydrogens is 373 g/mol. The third-order valence-electron chi connectivity index (χ3n) is 5.26. The van der Waals surface area contributed by atoms with Crippen LogP contribution in [0.5, 0.6) is 0 Å². The van der Waals surface area contributed by atoms with Crippen molar-refractivity contribution >= 4 is 5.97 Å². The predicted octanol–water partition coefficient (Wildman–Crippen LogP) is 4.13. The zero-order valence-corrected chi connectivity index (χ0v) is 16.4. The maximum absolute atomic E-state index is 10.6. The summed E-state index contributed by atoms with van der Waals surface area (Å²) >= 11 is 0. The molecule has 0 atom stereocenters. The zero-order chi connectivity index (χ0) is 20.8. The molecule has 1 aliphatic carbocycles. The second kappa shape index (κ2) is 9.69. The van der Waals surface area contributed by atoms with E-state index in [1.54, 1.807) is 0 Å². The molecule has 0 amide bonds. The average Bonchev–Trinajstić information content (AvgIpc) is 2.60. The Morgan fingerprint density at radius 3 is 2.39 bits per heavy atom. The van der Waals surface area contributed by atoms with Crippen LogP contribution in [0.3, 0.4) is 0 Å². The standard InChI is InChI=1S/C18H28N2O.C2HF3O2/c1-15(2)14-21-17-11-18(12-17)6-9-20(10-7-18)13-16-5-3-4-8-19-16;3-2(4,5)1(6)7/h3-5,8,15,17H,6-7,9-14H2,1-2H3;(H,6,7). The first-order valence-electron chi connectivity index (χ1n) is 9.64. The van der Waals surface area contributed by atoms with E-state index in [1.165, 1.54) is 44.5 Å². The van der Waals surface area contributed by atoms with Gasteiger partial charge in [0.25, 0.3) is 0 Å². The van der Waals surface area contributed by atoms with Crippen molar-refractivity contribution in [3.05, 3.63) is 30.1 Å². The monoisotopic (exact) mass is 402 g/mol. The summed E-state index contributed by atoms with van der Waals surface area (Å²) in [5, 5.41) is 7.12. The average molecular weight is 402 g/mol. The highest BCUT2D eigenvalue weighted by molar-refractivity contribution is 5.73. The highest BCUT2D eigenvalue weighted by atomic mass is 19.4. The van der Waals surface area contributed by atoms with Gasteiger partial charge in [0.1, 0.15) is 0 Å². The maximum Gasteiger partial charge on any atom is 0.490 e. The predicted molar refractivity (Wildman–Crippen MR) is 98.7 cm³/mol. The van der Waals surface area contributed by atoms with Crippen molar-refractivity contribution in [2.24, 2.45) is 11.3 Å². The lowest BCUT2D eigenvalue weighted by Gasteiger charge is -2.52. The lowest BCUT2D eigenvalue weighted by atomic mass is 9.61. The number of carbonyl (C=O) groups is 1. The van der Waals surface area contributed by atoms with Crippen molar-refractivity contribution < 1.29 is 27.8 Å². The van der Waals surface area contributed by atoms with Gasteiger partial charge in [0.05, 0.1) is 11.8 Å². The Morgan fingerprint density at radius 2 is 1.93 bits per heavy atom. The molecule has 2 aliphatic rings. The minimum atomic E-state index is -5.08. The Kier molecular flexibility index (Phi) is 7.83. The Morgan fingerprint density at radius 1 is 1.32 bits per heavy atom. The molecule has 158 valence electrons. The molecule has 0 unspecified atom stereocenters. The van der Waals surface area contributed by atoms with Crippen molar-refractivity contribution in [3.63, 3.8) is 0 Å². The van der Waals surface area contributed by atoms with E-state index in [2.05, 4.69) is 35.9 Å². The van der Waals surface area contributed by atoms with E-state index < -0.39 is 12.1 Å². The summed E-state index contributed by atoms with van der Waals surface area (Å²) in [5.41, 5.74) is 1.79. The summed E-state index contributed by atoms with van der Waals surface area (Å²) in [6.45, 7) is 8.81. The van der Waals surface area contributed by atoms with Gasteiger partial charge in [0.2, 0.25) is 0 Å². The Hall–Kier alpha value is -1.67. The van der Waals surface area contributed by atoms with Gasteiger partial charge in [-0.1, -0.05) is 19.9 Å². The lowest BCUT2D eigenvalue weighted by molar-refractivity contribution is -0.192. The fourth-order valence-electron chi connectivity index (χ4n) is 3.67. The molecule has 1 saturated heterocycles. The number of aliphatic carboxylic acids is 1. The Bertz CT molecular complexity index is 607. The number of ether oxygens (including phenoxy) is 1. The minimum Gasteiger partial charge on any atom is -0.475 e. The fourth-order valence-corrected chi connectivity index (χ4v) is 3.67. The molecule has 3 rings (SSSR count). The smallest absolute Gasteiger partial charge is 0.475 e. The number of pyridine rings is 1. The van der Waals surface area contributed by atoms with Crippen LogP contribution < -0.4 is 0 Å². The van der Waals surface area contributed by atoms with Crippen LogP contribution in [-0.2, 0) is 16.1 Å². The summed E-state index contributed by atoms with van der Waals surface area (Å²) in [6, 6.07) is 6.19. The minimum absolute atomic E-state index is 0.537. The molecule has 0 radical (unpaired) electrons. The van der Waals surface area contributed by atoms with Gasteiger partial charge in [-0.25, -0.2) is 4.79 Å². The normalized spacial score (nSPS) is 19.8. The van der Waals surface area contributed by atoms with Crippen molar-refractivity contribution in [3.8, 4) is 0 Å². The quantitative estimate of drug-likeness (QED) is 0.802. The summed E-state index contributed by atoms with van der Waals surface area (Å²) in [6.07, 6.45) is 2.59. The first-order valence-corrected chi connectivity index (χ1v) is 9.64. The van der Waals surface area contributed by atoms with Gasteiger partial charge in [-0.2, -0.15) is 13.2 Å². The second-order valence-electron chi connectivity index (χ2n) is 8.16. The van der Waals surface area contributed by atoms with E-state index in [0.29, 0.717) is 17.4 Å². The van der Waals surface area contributed by atoms with Crippen LogP contribution in [0.2, 0.25) is 0 Å². The number of likely N-dealkylation sites (tertiary alicyclic amines) is 1. The molecule has 1 aliphatic heterocycles. The topological polar surface area (TPSA) is 62.7 Å². The van der Waals surface area contributed by atoms with Crippen LogP contribution in [0, 0.1) is 11.3 Å². The molecular formula is C20H29F3N2O3. The molecule has 1 spiro atoms. The number of hydrogen-bond donors (Lipinski definition) is 1. The molecule has 1 N–H and O–H groups in total. The van der Waals surface area contributed by atoms with Gasteiger partial charge in [-0.15, -0.1) is 0 Å².